The SMILES string of the molecule is C=CC[C@H](C)C(=O)N1c2ccccc2CO[C@@H]1C(C)(C)C. The summed E-state index contributed by atoms with van der Waals surface area (Å²) in [5.41, 5.74) is 1.90. The second-order valence-corrected chi connectivity index (χ2v) is 6.79. The van der Waals surface area contributed by atoms with E-state index in [9.17, 15) is 4.79 Å². The number of hydrogen-bond acceptors (Lipinski definition) is 2. The Kier molecular flexibility index (Phi) is 4.52. The van der Waals surface area contributed by atoms with Gasteiger partial charge in [-0.25, -0.2) is 0 Å². The fourth-order valence-electron chi connectivity index (χ4n) is 2.70. The number of fused-ring (bicyclic) bond motifs is 1. The summed E-state index contributed by atoms with van der Waals surface area (Å²) in [5, 5.41) is 0. The Bertz CT molecular complexity index is 530. The molecule has 21 heavy (non-hydrogen) atoms. The number of nitrogens with zero attached hydrogens (tertiary/aromatic N) is 1. The van der Waals surface area contributed by atoms with Crippen LogP contribution in [0.1, 0.15) is 39.7 Å². The number of carbonyl (C=O) groups excluding carboxylic acids is 1. The van der Waals surface area contributed by atoms with Gasteiger partial charge in [-0.05, 0) is 12.5 Å². The van der Waals surface area contributed by atoms with Crippen LogP contribution in [0.2, 0.25) is 0 Å². The molecule has 0 bridgehead atoms. The summed E-state index contributed by atoms with van der Waals surface area (Å²) in [7, 11) is 0. The van der Waals surface area contributed by atoms with Crippen LogP contribution in [-0.2, 0) is 16.1 Å². The molecule has 114 valence electrons. The summed E-state index contributed by atoms with van der Waals surface area (Å²) in [6.07, 6.45) is 2.23. The summed E-state index contributed by atoms with van der Waals surface area (Å²) in [6, 6.07) is 7.99. The molecule has 1 amide bonds. The Balaban J connectivity index is 2.43. The predicted octanol–water partition coefficient (Wildman–Crippen LogP) is 4.13. The van der Waals surface area contributed by atoms with E-state index in [2.05, 4.69) is 27.4 Å². The second-order valence-electron chi connectivity index (χ2n) is 6.79. The number of carbonyl (C=O) groups is 1. The molecule has 2 rings (SSSR count). The molecule has 0 spiro atoms. The summed E-state index contributed by atoms with van der Waals surface area (Å²) in [6.45, 7) is 12.5. The minimum Gasteiger partial charge on any atom is -0.353 e. The van der Waals surface area contributed by atoms with Crippen molar-refractivity contribution in [1.29, 1.82) is 0 Å². The van der Waals surface area contributed by atoms with Crippen molar-refractivity contribution >= 4 is 11.6 Å². The molecule has 1 heterocycles. The first-order chi connectivity index (χ1) is 9.86. The van der Waals surface area contributed by atoms with E-state index in [1.54, 1.807) is 6.08 Å². The average Bonchev–Trinajstić information content (AvgIpc) is 2.44. The van der Waals surface area contributed by atoms with E-state index in [1.165, 1.54) is 0 Å². The second kappa shape index (κ2) is 6.02. The summed E-state index contributed by atoms with van der Waals surface area (Å²) in [4.78, 5) is 14.7. The van der Waals surface area contributed by atoms with Crippen LogP contribution >= 0.6 is 0 Å². The highest BCUT2D eigenvalue weighted by atomic mass is 16.5. The molecule has 3 nitrogen and oxygen atoms in total. The van der Waals surface area contributed by atoms with Gasteiger partial charge >= 0.3 is 0 Å². The molecular weight excluding hydrogens is 262 g/mol. The van der Waals surface area contributed by atoms with Gasteiger partial charge in [0.15, 0.2) is 0 Å². The van der Waals surface area contributed by atoms with E-state index in [0.29, 0.717) is 13.0 Å². The van der Waals surface area contributed by atoms with Crippen molar-refractivity contribution in [3.8, 4) is 0 Å². The highest BCUT2D eigenvalue weighted by molar-refractivity contribution is 5.96. The van der Waals surface area contributed by atoms with Gasteiger partial charge in [-0.15, -0.1) is 6.58 Å². The Morgan fingerprint density at radius 1 is 1.48 bits per heavy atom. The number of anilines is 1. The number of para-hydroxylation sites is 1. The van der Waals surface area contributed by atoms with Crippen molar-refractivity contribution in [1.82, 2.24) is 0 Å². The van der Waals surface area contributed by atoms with Gasteiger partial charge < -0.3 is 4.74 Å². The van der Waals surface area contributed by atoms with Crippen LogP contribution in [0, 0.1) is 11.3 Å². The fourth-order valence-corrected chi connectivity index (χ4v) is 2.70. The molecule has 0 radical (unpaired) electrons. The van der Waals surface area contributed by atoms with E-state index in [-0.39, 0.29) is 23.5 Å². The van der Waals surface area contributed by atoms with Gasteiger partial charge in [-0.1, -0.05) is 52.0 Å². The number of hydrogen-bond donors (Lipinski definition) is 0. The van der Waals surface area contributed by atoms with Gasteiger partial charge in [0.05, 0.1) is 12.3 Å². The van der Waals surface area contributed by atoms with E-state index in [0.717, 1.165) is 11.3 Å². The smallest absolute Gasteiger partial charge is 0.232 e. The maximum atomic E-state index is 12.9. The Hall–Kier alpha value is -1.61. The maximum absolute atomic E-state index is 12.9. The standard InChI is InChI=1S/C18H25NO2/c1-6-9-13(2)16(20)19-15-11-8-7-10-14(15)12-21-17(19)18(3,4)5/h6-8,10-11,13,17H,1,9,12H2,2-5H3/t13-,17+/m0/s1. The molecule has 1 aromatic carbocycles. The highest BCUT2D eigenvalue weighted by Gasteiger charge is 2.40. The fraction of sp³-hybridized carbons (Fsp3) is 0.500. The Morgan fingerprint density at radius 2 is 2.14 bits per heavy atom. The molecule has 1 aliphatic heterocycles. The monoisotopic (exact) mass is 287 g/mol. The lowest BCUT2D eigenvalue weighted by atomic mass is 9.90. The van der Waals surface area contributed by atoms with Crippen molar-refractivity contribution in [2.75, 3.05) is 4.90 Å². The van der Waals surface area contributed by atoms with Crippen LogP contribution in [0.3, 0.4) is 0 Å². The summed E-state index contributed by atoms with van der Waals surface area (Å²) >= 11 is 0. The Labute approximate surface area is 127 Å². The van der Waals surface area contributed by atoms with Gasteiger partial charge in [-0.3, -0.25) is 9.69 Å². The first-order valence-corrected chi connectivity index (χ1v) is 7.49. The number of rotatable bonds is 3. The lowest BCUT2D eigenvalue weighted by molar-refractivity contribution is -0.129. The lowest BCUT2D eigenvalue weighted by Gasteiger charge is -2.44. The van der Waals surface area contributed by atoms with E-state index in [4.69, 9.17) is 4.74 Å². The normalized spacial score (nSPS) is 19.8. The van der Waals surface area contributed by atoms with Gasteiger partial charge in [0.25, 0.3) is 0 Å². The molecule has 2 atom stereocenters. The van der Waals surface area contributed by atoms with Gasteiger partial charge in [-0.2, -0.15) is 0 Å². The predicted molar refractivity (Wildman–Crippen MR) is 85.9 cm³/mol. The Morgan fingerprint density at radius 3 is 2.76 bits per heavy atom. The minimum absolute atomic E-state index is 0.0953. The maximum Gasteiger partial charge on any atom is 0.232 e. The molecule has 0 aliphatic carbocycles. The van der Waals surface area contributed by atoms with Crippen molar-refractivity contribution in [2.45, 2.75) is 47.0 Å². The number of amides is 1. The molecular formula is C18H25NO2. The van der Waals surface area contributed by atoms with Gasteiger partial charge in [0.1, 0.15) is 6.23 Å². The van der Waals surface area contributed by atoms with Crippen LogP contribution < -0.4 is 4.90 Å². The average molecular weight is 287 g/mol. The van der Waals surface area contributed by atoms with Crippen LogP contribution in [0.25, 0.3) is 0 Å². The molecule has 3 heteroatoms. The lowest BCUT2D eigenvalue weighted by Crippen LogP contribution is -2.53. The van der Waals surface area contributed by atoms with Crippen LogP contribution in [-0.4, -0.2) is 12.1 Å². The summed E-state index contributed by atoms with van der Waals surface area (Å²) < 4.78 is 6.01. The third-order valence-corrected chi connectivity index (χ3v) is 3.80. The number of benzene rings is 1. The molecule has 0 saturated carbocycles. The van der Waals surface area contributed by atoms with Gasteiger partial charge in [0, 0.05) is 16.9 Å². The van der Waals surface area contributed by atoms with Gasteiger partial charge in [0.2, 0.25) is 5.91 Å². The van der Waals surface area contributed by atoms with Crippen LogP contribution in [0.4, 0.5) is 5.69 Å². The third kappa shape index (κ3) is 3.18. The molecule has 0 saturated heterocycles. The zero-order valence-electron chi connectivity index (χ0n) is 13.4. The van der Waals surface area contributed by atoms with Crippen molar-refractivity contribution in [3.63, 3.8) is 0 Å². The topological polar surface area (TPSA) is 29.5 Å². The molecule has 1 aromatic rings. The first kappa shape index (κ1) is 15.8. The zero-order chi connectivity index (χ0) is 15.6. The number of allylic oxidation sites excluding steroid dienone is 1. The van der Waals surface area contributed by atoms with E-state index < -0.39 is 0 Å². The van der Waals surface area contributed by atoms with Crippen LogP contribution in [0.15, 0.2) is 36.9 Å². The number of ether oxygens (including phenoxy) is 1. The van der Waals surface area contributed by atoms with E-state index in [1.807, 2.05) is 36.1 Å². The quantitative estimate of drug-likeness (QED) is 0.782. The summed E-state index contributed by atoms with van der Waals surface area (Å²) in [5.74, 6) is 0.00378. The minimum atomic E-state index is -0.243. The molecule has 1 aliphatic rings. The van der Waals surface area contributed by atoms with E-state index >= 15 is 0 Å². The largest absolute Gasteiger partial charge is 0.353 e. The van der Waals surface area contributed by atoms with Crippen molar-refractivity contribution < 1.29 is 9.53 Å². The van der Waals surface area contributed by atoms with Crippen LogP contribution in [0.5, 0.6) is 0 Å². The highest BCUT2D eigenvalue weighted by Crippen LogP contribution is 2.37. The van der Waals surface area contributed by atoms with Crippen molar-refractivity contribution in [2.24, 2.45) is 11.3 Å². The molecule has 0 unspecified atom stereocenters. The molecule has 0 aromatic heterocycles. The molecule has 0 fully saturated rings. The third-order valence-electron chi connectivity index (χ3n) is 3.80. The first-order valence-electron chi connectivity index (χ1n) is 7.49. The molecule has 0 N–H and O–H groups in total. The van der Waals surface area contributed by atoms with Crippen molar-refractivity contribution in [3.05, 3.63) is 42.5 Å². The zero-order valence-corrected chi connectivity index (χ0v) is 13.4.